The maximum absolute atomic E-state index is 13.8. The van der Waals surface area contributed by atoms with Gasteiger partial charge >= 0.3 is 0 Å². The van der Waals surface area contributed by atoms with Crippen molar-refractivity contribution in [1.29, 1.82) is 0 Å². The highest BCUT2D eigenvalue weighted by Crippen LogP contribution is 2.28. The summed E-state index contributed by atoms with van der Waals surface area (Å²) in [6.07, 6.45) is -0.624. The van der Waals surface area contributed by atoms with E-state index in [0.717, 1.165) is 0 Å². The van der Waals surface area contributed by atoms with E-state index in [1.165, 1.54) is 24.3 Å². The van der Waals surface area contributed by atoms with Gasteiger partial charge in [-0.05, 0) is 42.8 Å². The lowest BCUT2D eigenvalue weighted by Gasteiger charge is -2.23. The molecule has 106 valence electrons. The summed E-state index contributed by atoms with van der Waals surface area (Å²) in [5, 5.41) is 0. The second-order valence-electron chi connectivity index (χ2n) is 4.53. The zero-order valence-electron chi connectivity index (χ0n) is 10.8. The van der Waals surface area contributed by atoms with Gasteiger partial charge in [0.25, 0.3) is 0 Å². The molecule has 0 aliphatic carbocycles. The number of ether oxygens (including phenoxy) is 1. The Kier molecular flexibility index (Phi) is 4.73. The molecule has 0 fully saturated rings. The van der Waals surface area contributed by atoms with Gasteiger partial charge in [-0.15, -0.1) is 0 Å². The molecule has 2 rings (SSSR count). The lowest BCUT2D eigenvalue weighted by Crippen LogP contribution is -2.29. The molecule has 0 bridgehead atoms. The first-order chi connectivity index (χ1) is 9.47. The second kappa shape index (κ2) is 6.33. The predicted molar refractivity (Wildman–Crippen MR) is 77.5 cm³/mol. The minimum atomic E-state index is -0.624. The minimum Gasteiger partial charge on any atom is -0.481 e. The van der Waals surface area contributed by atoms with Crippen molar-refractivity contribution in [2.75, 3.05) is 0 Å². The maximum Gasteiger partial charge on any atom is 0.166 e. The molecule has 0 spiro atoms. The highest BCUT2D eigenvalue weighted by Gasteiger charge is 2.20. The Labute approximate surface area is 124 Å². The summed E-state index contributed by atoms with van der Waals surface area (Å²) in [6, 6.07) is 10.0. The van der Waals surface area contributed by atoms with E-state index in [9.17, 15) is 8.78 Å². The van der Waals surface area contributed by atoms with E-state index in [0.29, 0.717) is 10.0 Å². The van der Waals surface area contributed by atoms with Crippen LogP contribution in [0.3, 0.4) is 0 Å². The standard InChI is InChI=1S/C15H14BrF2NO/c1-9(19)15(10-3-2-4-12(17)7-10)20-14-6-5-11(16)8-13(14)18/h2-9,15H,19H2,1H3. The van der Waals surface area contributed by atoms with E-state index in [1.807, 2.05) is 0 Å². The molecule has 2 unspecified atom stereocenters. The molecular formula is C15H14BrF2NO. The molecule has 0 aliphatic heterocycles. The van der Waals surface area contributed by atoms with E-state index >= 15 is 0 Å². The number of hydrogen-bond donors (Lipinski definition) is 1. The molecule has 20 heavy (non-hydrogen) atoms. The van der Waals surface area contributed by atoms with Crippen molar-refractivity contribution in [2.24, 2.45) is 5.73 Å². The Morgan fingerprint density at radius 1 is 1.15 bits per heavy atom. The topological polar surface area (TPSA) is 35.2 Å². The fourth-order valence-corrected chi connectivity index (χ4v) is 2.20. The molecule has 0 amide bonds. The largest absolute Gasteiger partial charge is 0.481 e. The number of halogens is 3. The Morgan fingerprint density at radius 3 is 2.50 bits per heavy atom. The predicted octanol–water partition coefficient (Wildman–Crippen LogP) is 4.19. The van der Waals surface area contributed by atoms with Gasteiger partial charge in [0.2, 0.25) is 0 Å². The Hall–Kier alpha value is -1.46. The SMILES string of the molecule is CC(N)C(Oc1ccc(Br)cc1F)c1cccc(F)c1. The monoisotopic (exact) mass is 341 g/mol. The summed E-state index contributed by atoms with van der Waals surface area (Å²) < 4.78 is 33.3. The van der Waals surface area contributed by atoms with Crippen LogP contribution < -0.4 is 10.5 Å². The fourth-order valence-electron chi connectivity index (χ4n) is 1.87. The molecule has 2 aromatic rings. The third kappa shape index (κ3) is 3.55. The molecule has 5 heteroatoms. The second-order valence-corrected chi connectivity index (χ2v) is 5.44. The van der Waals surface area contributed by atoms with E-state index in [4.69, 9.17) is 10.5 Å². The Morgan fingerprint density at radius 2 is 1.90 bits per heavy atom. The molecule has 2 N–H and O–H groups in total. The van der Waals surface area contributed by atoms with Crippen molar-refractivity contribution in [3.8, 4) is 5.75 Å². The summed E-state index contributed by atoms with van der Waals surface area (Å²) >= 11 is 3.18. The van der Waals surface area contributed by atoms with Crippen molar-refractivity contribution in [2.45, 2.75) is 19.1 Å². The third-order valence-electron chi connectivity index (χ3n) is 2.80. The first-order valence-corrected chi connectivity index (χ1v) is 6.89. The molecule has 0 aliphatic rings. The highest BCUT2D eigenvalue weighted by molar-refractivity contribution is 9.10. The van der Waals surface area contributed by atoms with Gasteiger partial charge in [0.15, 0.2) is 11.6 Å². The maximum atomic E-state index is 13.8. The van der Waals surface area contributed by atoms with Gasteiger partial charge in [-0.3, -0.25) is 0 Å². The molecule has 2 atom stereocenters. The third-order valence-corrected chi connectivity index (χ3v) is 3.30. The average Bonchev–Trinajstić information content (AvgIpc) is 2.37. The Bertz CT molecular complexity index is 604. The van der Waals surface area contributed by atoms with Crippen LogP contribution in [0.1, 0.15) is 18.6 Å². The van der Waals surface area contributed by atoms with Crippen molar-refractivity contribution in [3.63, 3.8) is 0 Å². The van der Waals surface area contributed by atoms with Crippen LogP contribution in [-0.4, -0.2) is 6.04 Å². The lowest BCUT2D eigenvalue weighted by atomic mass is 10.0. The van der Waals surface area contributed by atoms with Gasteiger partial charge in [0.05, 0.1) is 0 Å². The van der Waals surface area contributed by atoms with Crippen LogP contribution in [0.2, 0.25) is 0 Å². The summed E-state index contributed by atoms with van der Waals surface area (Å²) in [7, 11) is 0. The van der Waals surface area contributed by atoms with Crippen molar-refractivity contribution >= 4 is 15.9 Å². The molecule has 0 saturated carbocycles. The van der Waals surface area contributed by atoms with Gasteiger partial charge in [0.1, 0.15) is 11.9 Å². The molecule has 0 aromatic heterocycles. The zero-order chi connectivity index (χ0) is 14.7. The van der Waals surface area contributed by atoms with E-state index in [-0.39, 0.29) is 11.6 Å². The summed E-state index contributed by atoms with van der Waals surface area (Å²) in [4.78, 5) is 0. The highest BCUT2D eigenvalue weighted by atomic mass is 79.9. The molecule has 0 radical (unpaired) electrons. The smallest absolute Gasteiger partial charge is 0.166 e. The normalized spacial score (nSPS) is 13.8. The van der Waals surface area contributed by atoms with Crippen LogP contribution in [0.4, 0.5) is 8.78 Å². The number of hydrogen-bond acceptors (Lipinski definition) is 2. The number of rotatable bonds is 4. The zero-order valence-corrected chi connectivity index (χ0v) is 12.4. The van der Waals surface area contributed by atoms with Crippen LogP contribution in [0.25, 0.3) is 0 Å². The van der Waals surface area contributed by atoms with Gasteiger partial charge in [-0.1, -0.05) is 28.1 Å². The number of benzene rings is 2. The average molecular weight is 342 g/mol. The summed E-state index contributed by atoms with van der Waals surface area (Å²) in [5.74, 6) is -0.797. The van der Waals surface area contributed by atoms with Gasteiger partial charge in [0, 0.05) is 10.5 Å². The van der Waals surface area contributed by atoms with Crippen LogP contribution in [0.5, 0.6) is 5.75 Å². The van der Waals surface area contributed by atoms with E-state index in [1.54, 1.807) is 25.1 Å². The summed E-state index contributed by atoms with van der Waals surface area (Å²) in [6.45, 7) is 1.73. The fraction of sp³-hybridized carbons (Fsp3) is 0.200. The van der Waals surface area contributed by atoms with Gasteiger partial charge in [-0.2, -0.15) is 0 Å². The van der Waals surface area contributed by atoms with Gasteiger partial charge in [-0.25, -0.2) is 8.78 Å². The van der Waals surface area contributed by atoms with Crippen molar-refractivity contribution in [3.05, 3.63) is 64.1 Å². The minimum absolute atomic E-state index is 0.0831. The molecule has 0 heterocycles. The van der Waals surface area contributed by atoms with Crippen LogP contribution in [0.15, 0.2) is 46.9 Å². The van der Waals surface area contributed by atoms with Crippen LogP contribution in [0, 0.1) is 11.6 Å². The van der Waals surface area contributed by atoms with E-state index in [2.05, 4.69) is 15.9 Å². The first-order valence-electron chi connectivity index (χ1n) is 6.10. The first kappa shape index (κ1) is 14.9. The summed E-state index contributed by atoms with van der Waals surface area (Å²) in [5.41, 5.74) is 6.44. The Balaban J connectivity index is 2.30. The lowest BCUT2D eigenvalue weighted by molar-refractivity contribution is 0.172. The van der Waals surface area contributed by atoms with E-state index < -0.39 is 18.0 Å². The van der Waals surface area contributed by atoms with Gasteiger partial charge < -0.3 is 10.5 Å². The van der Waals surface area contributed by atoms with Crippen LogP contribution >= 0.6 is 15.9 Å². The molecule has 2 aromatic carbocycles. The molecular weight excluding hydrogens is 328 g/mol. The quantitative estimate of drug-likeness (QED) is 0.904. The molecule has 2 nitrogen and oxygen atoms in total. The van der Waals surface area contributed by atoms with Crippen molar-refractivity contribution in [1.82, 2.24) is 0 Å². The van der Waals surface area contributed by atoms with Crippen LogP contribution in [-0.2, 0) is 0 Å². The molecule has 0 saturated heterocycles. The van der Waals surface area contributed by atoms with Crippen molar-refractivity contribution < 1.29 is 13.5 Å². The number of nitrogens with two attached hydrogens (primary N) is 1.